The minimum Gasteiger partial charge on any atom is -0.489 e. The van der Waals surface area contributed by atoms with Crippen LogP contribution < -0.4 is 9.04 Å². The summed E-state index contributed by atoms with van der Waals surface area (Å²) in [5, 5.41) is 9.77. The van der Waals surface area contributed by atoms with Crippen LogP contribution in [-0.4, -0.2) is 48.7 Å². The van der Waals surface area contributed by atoms with E-state index in [4.69, 9.17) is 16.3 Å². The Hall–Kier alpha value is -2.80. The molecule has 1 saturated heterocycles. The van der Waals surface area contributed by atoms with E-state index in [-0.39, 0.29) is 16.1 Å². The van der Waals surface area contributed by atoms with E-state index in [9.17, 15) is 22.7 Å². The highest BCUT2D eigenvalue weighted by Gasteiger charge is 2.39. The molecule has 3 aromatic rings. The Morgan fingerprint density at radius 1 is 1.28 bits per heavy atom. The summed E-state index contributed by atoms with van der Waals surface area (Å²) in [5.41, 5.74) is 2.36. The number of benzene rings is 2. The van der Waals surface area contributed by atoms with Gasteiger partial charge in [-0.05, 0) is 25.3 Å². The van der Waals surface area contributed by atoms with E-state index < -0.39 is 49.6 Å². The molecule has 1 unspecified atom stereocenters. The van der Waals surface area contributed by atoms with Gasteiger partial charge in [0.05, 0.1) is 5.51 Å². The number of carbonyl (C=O) groups is 1. The van der Waals surface area contributed by atoms with Gasteiger partial charge in [-0.15, -0.1) is 15.6 Å². The van der Waals surface area contributed by atoms with E-state index in [0.29, 0.717) is 32.0 Å². The lowest BCUT2D eigenvalue weighted by atomic mass is 10.0. The summed E-state index contributed by atoms with van der Waals surface area (Å²) in [6.45, 7) is 3.46. The first-order valence-electron chi connectivity index (χ1n) is 10.9. The third kappa shape index (κ3) is 5.17. The van der Waals surface area contributed by atoms with Gasteiger partial charge in [0.25, 0.3) is 10.0 Å². The first-order valence-corrected chi connectivity index (χ1v) is 13.7. The highest BCUT2D eigenvalue weighted by Crippen LogP contribution is 2.38. The zero-order valence-corrected chi connectivity index (χ0v) is 21.4. The molecule has 2 heterocycles. The molecular weight excluding hydrogens is 536 g/mol. The van der Waals surface area contributed by atoms with Gasteiger partial charge < -0.3 is 9.84 Å². The van der Waals surface area contributed by atoms with E-state index in [0.717, 1.165) is 16.7 Å². The molecule has 1 N–H and O–H groups in total. The van der Waals surface area contributed by atoms with Gasteiger partial charge in [-0.1, -0.05) is 41.9 Å². The van der Waals surface area contributed by atoms with Crippen molar-refractivity contribution in [3.8, 4) is 5.75 Å². The highest BCUT2D eigenvalue weighted by molar-refractivity contribution is 7.93. The summed E-state index contributed by atoms with van der Waals surface area (Å²) < 4.78 is 61.4. The van der Waals surface area contributed by atoms with Crippen LogP contribution in [0.25, 0.3) is 0 Å². The first-order chi connectivity index (χ1) is 17.1. The zero-order chi connectivity index (χ0) is 26.0. The minimum atomic E-state index is -5.22. The lowest BCUT2D eigenvalue weighted by Crippen LogP contribution is -2.39. The van der Waals surface area contributed by atoms with Crippen molar-refractivity contribution < 1.29 is 31.8 Å². The Labute approximate surface area is 215 Å². The fourth-order valence-corrected chi connectivity index (χ4v) is 6.31. The Morgan fingerprint density at radius 3 is 2.53 bits per heavy atom. The summed E-state index contributed by atoms with van der Waals surface area (Å²) in [5.74, 6) is -4.03. The van der Waals surface area contributed by atoms with Crippen LogP contribution in [-0.2, 0) is 10.0 Å². The monoisotopic (exact) mass is 557 g/mol. The second-order valence-corrected chi connectivity index (χ2v) is 11.0. The van der Waals surface area contributed by atoms with Crippen molar-refractivity contribution in [2.45, 2.75) is 36.8 Å². The van der Waals surface area contributed by atoms with Crippen molar-refractivity contribution in [2.75, 3.05) is 17.4 Å². The molecule has 0 radical (unpaired) electrons. The quantitative estimate of drug-likeness (QED) is 0.380. The number of nitrogens with zero attached hydrogens (tertiary/aromatic N) is 3. The molecule has 1 atom stereocenters. The Balaban J connectivity index is 1.52. The molecule has 8 nitrogen and oxygen atoms in total. The van der Waals surface area contributed by atoms with E-state index in [1.54, 1.807) is 0 Å². The predicted molar refractivity (Wildman–Crippen MR) is 131 cm³/mol. The van der Waals surface area contributed by atoms with Crippen LogP contribution in [0, 0.1) is 11.6 Å². The molecule has 2 aromatic carbocycles. The average molecular weight is 558 g/mol. The topological polar surface area (TPSA) is 100 Å². The highest BCUT2D eigenvalue weighted by atomic mass is 35.5. The Morgan fingerprint density at radius 2 is 1.94 bits per heavy atom. The van der Waals surface area contributed by atoms with Gasteiger partial charge >= 0.3 is 6.09 Å². The van der Waals surface area contributed by atoms with Crippen LogP contribution in [0.5, 0.6) is 5.75 Å². The van der Waals surface area contributed by atoms with Crippen molar-refractivity contribution in [3.63, 3.8) is 0 Å². The van der Waals surface area contributed by atoms with Gasteiger partial charge in [-0.2, -0.15) is 0 Å². The van der Waals surface area contributed by atoms with Crippen LogP contribution in [0.3, 0.4) is 0 Å². The molecule has 1 aliphatic heterocycles. The lowest BCUT2D eigenvalue weighted by Gasteiger charge is -2.36. The third-order valence-corrected chi connectivity index (χ3v) is 8.62. The minimum absolute atomic E-state index is 0.185. The van der Waals surface area contributed by atoms with Crippen LogP contribution in [0.4, 0.5) is 19.4 Å². The summed E-state index contributed by atoms with van der Waals surface area (Å²) >= 11 is 6.96. The van der Waals surface area contributed by atoms with Gasteiger partial charge in [-0.3, -0.25) is 4.90 Å². The number of rotatable bonds is 7. The number of ether oxygens (including phenoxy) is 1. The molecule has 1 fully saturated rings. The Kier molecular flexibility index (Phi) is 7.79. The molecule has 36 heavy (non-hydrogen) atoms. The van der Waals surface area contributed by atoms with Crippen molar-refractivity contribution in [1.82, 2.24) is 9.88 Å². The molecule has 0 aliphatic carbocycles. The smallest absolute Gasteiger partial charge is 0.427 e. The fourth-order valence-electron chi connectivity index (χ4n) is 4.10. The Bertz CT molecular complexity index is 1340. The summed E-state index contributed by atoms with van der Waals surface area (Å²) in [4.78, 5) is 16.0. The lowest BCUT2D eigenvalue weighted by molar-refractivity contribution is 0.0793. The number of hydrogen-bond acceptors (Lipinski definition) is 7. The zero-order valence-electron chi connectivity index (χ0n) is 19.0. The number of anilines is 1. The number of thiazole rings is 1. The normalized spacial score (nSPS) is 16.0. The molecule has 4 rings (SSSR count). The maximum Gasteiger partial charge on any atom is 0.427 e. The van der Waals surface area contributed by atoms with Gasteiger partial charge in [0.15, 0.2) is 22.3 Å². The molecule has 13 heteroatoms. The summed E-state index contributed by atoms with van der Waals surface area (Å²) in [6.07, 6.45) is -1.25. The van der Waals surface area contributed by atoms with Gasteiger partial charge in [-0.25, -0.2) is 27.0 Å². The van der Waals surface area contributed by atoms with Gasteiger partial charge in [0.2, 0.25) is 0 Å². The third-order valence-electron chi connectivity index (χ3n) is 5.98. The number of carboxylic acid groups (broad SMARTS) is 1. The summed E-state index contributed by atoms with van der Waals surface area (Å²) in [7, 11) is -5.22. The van der Waals surface area contributed by atoms with Gasteiger partial charge in [0, 0.05) is 30.6 Å². The molecule has 1 aliphatic rings. The standard InChI is InChI=1S/C23H22ClF2N3O5S2/c1-14(15-5-3-2-4-6-15)28-9-7-16(8-10-28)34-18-11-17(25)22(21(26)20(18)24)36(32,33)29(23(30)31)19-12-35-13-27-19/h2-6,11-14,16H,7-10H2,1H3,(H,30,31). The van der Waals surface area contributed by atoms with Crippen molar-refractivity contribution >= 4 is 44.9 Å². The van der Waals surface area contributed by atoms with E-state index in [1.165, 1.54) is 11.1 Å². The average Bonchev–Trinajstić information content (AvgIpc) is 3.36. The van der Waals surface area contributed by atoms with Crippen LogP contribution in [0.2, 0.25) is 5.02 Å². The van der Waals surface area contributed by atoms with E-state index >= 15 is 4.39 Å². The number of likely N-dealkylation sites (tertiary alicyclic amines) is 1. The van der Waals surface area contributed by atoms with Crippen LogP contribution in [0.1, 0.15) is 31.4 Å². The predicted octanol–water partition coefficient (Wildman–Crippen LogP) is 5.55. The molecule has 0 spiro atoms. The molecule has 0 bridgehead atoms. The van der Waals surface area contributed by atoms with E-state index in [2.05, 4.69) is 16.8 Å². The molecular formula is C23H22ClF2N3O5S2. The first kappa shape index (κ1) is 26.3. The number of sulfonamides is 1. The number of piperidine rings is 1. The second-order valence-electron chi connectivity index (χ2n) is 8.15. The number of hydrogen-bond donors (Lipinski definition) is 1. The maximum absolute atomic E-state index is 15.1. The van der Waals surface area contributed by atoms with Crippen LogP contribution in [0.15, 0.2) is 52.2 Å². The van der Waals surface area contributed by atoms with Crippen LogP contribution >= 0.6 is 22.9 Å². The molecule has 1 amide bonds. The van der Waals surface area contributed by atoms with Crippen molar-refractivity contribution in [2.24, 2.45) is 0 Å². The van der Waals surface area contributed by atoms with Crippen molar-refractivity contribution in [1.29, 1.82) is 0 Å². The maximum atomic E-state index is 15.1. The number of aromatic nitrogens is 1. The van der Waals surface area contributed by atoms with Gasteiger partial charge in [0.1, 0.15) is 16.9 Å². The largest absolute Gasteiger partial charge is 0.489 e. The van der Waals surface area contributed by atoms with Crippen molar-refractivity contribution in [3.05, 3.63) is 69.5 Å². The second kappa shape index (κ2) is 10.7. The molecule has 192 valence electrons. The number of amides is 1. The fraction of sp³-hybridized carbons (Fsp3) is 0.304. The summed E-state index contributed by atoms with van der Waals surface area (Å²) in [6, 6.07) is 10.9. The number of halogens is 3. The molecule has 1 aromatic heterocycles. The SMILES string of the molecule is CC(c1ccccc1)N1CCC(Oc2cc(F)c(S(=O)(=O)N(C(=O)O)c3cscn3)c(F)c2Cl)CC1. The van der Waals surface area contributed by atoms with E-state index in [1.807, 2.05) is 30.3 Å². The molecule has 0 saturated carbocycles.